The number of nitrogens with zero attached hydrogens (tertiary/aromatic N) is 1. The van der Waals surface area contributed by atoms with Crippen molar-refractivity contribution in [3.8, 4) is 0 Å². The second kappa shape index (κ2) is 3.84. The Morgan fingerprint density at radius 2 is 2.17 bits per heavy atom. The van der Waals surface area contributed by atoms with E-state index in [0.717, 1.165) is 17.3 Å². The van der Waals surface area contributed by atoms with E-state index in [4.69, 9.17) is 5.73 Å². The summed E-state index contributed by atoms with van der Waals surface area (Å²) in [6.07, 6.45) is 4.42. The number of aromatic nitrogens is 1. The first-order chi connectivity index (χ1) is 8.42. The van der Waals surface area contributed by atoms with Gasteiger partial charge in [-0.25, -0.2) is 0 Å². The topological polar surface area (TPSA) is 30.4 Å². The van der Waals surface area contributed by atoms with Crippen LogP contribution in [0.4, 0.5) is 0 Å². The Morgan fingerprint density at radius 1 is 1.44 bits per heavy atom. The zero-order valence-corrected chi connectivity index (χ0v) is 12.7. The molecule has 2 aromatic rings. The fourth-order valence-corrected chi connectivity index (χ4v) is 3.47. The molecule has 3 heteroatoms. The van der Waals surface area contributed by atoms with Crippen LogP contribution in [0.25, 0.3) is 5.52 Å². The predicted octanol–water partition coefficient (Wildman–Crippen LogP) is 3.98. The summed E-state index contributed by atoms with van der Waals surface area (Å²) in [5.41, 5.74) is 12.1. The Kier molecular flexibility index (Phi) is 2.62. The van der Waals surface area contributed by atoms with Crippen LogP contribution in [0.15, 0.2) is 22.8 Å². The van der Waals surface area contributed by atoms with E-state index in [2.05, 4.69) is 59.4 Å². The standard InChI is InChI=1S/C15H19BrN2/c1-9-12-8-10(16)5-7-18(12)11-4-6-15(2,3)14(17)13(9)11/h5,7-8,14H,4,6,17H2,1-3H3. The monoisotopic (exact) mass is 306 g/mol. The molecule has 2 aromatic heterocycles. The van der Waals surface area contributed by atoms with Crippen LogP contribution in [0.2, 0.25) is 0 Å². The van der Waals surface area contributed by atoms with Gasteiger partial charge >= 0.3 is 0 Å². The highest BCUT2D eigenvalue weighted by atomic mass is 79.9. The summed E-state index contributed by atoms with van der Waals surface area (Å²) in [6, 6.07) is 4.42. The van der Waals surface area contributed by atoms with E-state index < -0.39 is 0 Å². The SMILES string of the molecule is Cc1c2c(n3ccc(Br)cc13)CCC(C)(C)C2N. The van der Waals surface area contributed by atoms with Gasteiger partial charge in [-0.1, -0.05) is 29.8 Å². The van der Waals surface area contributed by atoms with Crippen molar-refractivity contribution < 1.29 is 0 Å². The lowest BCUT2D eigenvalue weighted by Gasteiger charge is -2.36. The summed E-state index contributed by atoms with van der Waals surface area (Å²) < 4.78 is 3.44. The van der Waals surface area contributed by atoms with Crippen molar-refractivity contribution in [1.29, 1.82) is 0 Å². The lowest BCUT2D eigenvalue weighted by atomic mass is 9.72. The molecule has 1 aliphatic rings. The molecule has 0 bridgehead atoms. The summed E-state index contributed by atoms with van der Waals surface area (Å²) in [4.78, 5) is 0. The summed E-state index contributed by atoms with van der Waals surface area (Å²) in [5.74, 6) is 0. The lowest BCUT2D eigenvalue weighted by Crippen LogP contribution is -2.34. The fraction of sp³-hybridized carbons (Fsp3) is 0.467. The normalized spacial score (nSPS) is 22.2. The summed E-state index contributed by atoms with van der Waals surface area (Å²) in [6.45, 7) is 6.75. The molecule has 0 saturated heterocycles. The Bertz CT molecular complexity index is 625. The molecule has 0 fully saturated rings. The number of hydrogen-bond acceptors (Lipinski definition) is 1. The highest BCUT2D eigenvalue weighted by Gasteiger charge is 2.36. The molecular formula is C15H19BrN2. The van der Waals surface area contributed by atoms with Crippen LogP contribution in [0.5, 0.6) is 0 Å². The molecule has 2 nitrogen and oxygen atoms in total. The third-order valence-electron chi connectivity index (χ3n) is 4.47. The van der Waals surface area contributed by atoms with Gasteiger partial charge in [-0.15, -0.1) is 0 Å². The summed E-state index contributed by atoms with van der Waals surface area (Å²) in [5, 5.41) is 0. The molecule has 2 heterocycles. The number of halogens is 1. The Balaban J connectivity index is 2.33. The van der Waals surface area contributed by atoms with Crippen molar-refractivity contribution in [3.63, 3.8) is 0 Å². The van der Waals surface area contributed by atoms with E-state index >= 15 is 0 Å². The van der Waals surface area contributed by atoms with Gasteiger partial charge in [0.25, 0.3) is 0 Å². The first-order valence-electron chi connectivity index (χ1n) is 6.46. The predicted molar refractivity (Wildman–Crippen MR) is 78.9 cm³/mol. The molecule has 0 saturated carbocycles. The van der Waals surface area contributed by atoms with Crippen LogP contribution in [0.1, 0.15) is 43.1 Å². The summed E-state index contributed by atoms with van der Waals surface area (Å²) >= 11 is 3.55. The van der Waals surface area contributed by atoms with Crippen molar-refractivity contribution in [1.82, 2.24) is 4.40 Å². The van der Waals surface area contributed by atoms with E-state index in [1.807, 2.05) is 0 Å². The third-order valence-corrected chi connectivity index (χ3v) is 4.96. The molecule has 3 rings (SSSR count). The van der Waals surface area contributed by atoms with E-state index in [0.29, 0.717) is 0 Å². The smallest absolute Gasteiger partial charge is 0.0496 e. The second-order valence-corrected chi connectivity index (χ2v) is 6.97. The van der Waals surface area contributed by atoms with E-state index in [-0.39, 0.29) is 11.5 Å². The number of pyridine rings is 1. The molecule has 0 amide bonds. The quantitative estimate of drug-likeness (QED) is 0.784. The fourth-order valence-electron chi connectivity index (χ4n) is 3.14. The largest absolute Gasteiger partial charge is 0.323 e. The first-order valence-corrected chi connectivity index (χ1v) is 7.25. The van der Waals surface area contributed by atoms with Crippen LogP contribution in [0.3, 0.4) is 0 Å². The van der Waals surface area contributed by atoms with Crippen molar-refractivity contribution >= 4 is 21.4 Å². The van der Waals surface area contributed by atoms with Gasteiger partial charge in [0.05, 0.1) is 0 Å². The van der Waals surface area contributed by atoms with Crippen LogP contribution >= 0.6 is 15.9 Å². The highest BCUT2D eigenvalue weighted by molar-refractivity contribution is 9.10. The average Bonchev–Trinajstić information content (AvgIpc) is 2.58. The van der Waals surface area contributed by atoms with E-state index in [1.165, 1.54) is 22.3 Å². The zero-order chi connectivity index (χ0) is 13.1. The number of nitrogens with two attached hydrogens (primary N) is 1. The number of fused-ring (bicyclic) bond motifs is 3. The van der Waals surface area contributed by atoms with Gasteiger partial charge < -0.3 is 10.1 Å². The maximum atomic E-state index is 6.50. The Morgan fingerprint density at radius 3 is 2.89 bits per heavy atom. The second-order valence-electron chi connectivity index (χ2n) is 6.05. The average molecular weight is 307 g/mol. The molecule has 18 heavy (non-hydrogen) atoms. The number of aryl methyl sites for hydroxylation is 2. The molecule has 0 radical (unpaired) electrons. The van der Waals surface area contributed by atoms with Crippen molar-refractivity contribution in [2.75, 3.05) is 0 Å². The van der Waals surface area contributed by atoms with Crippen molar-refractivity contribution in [2.24, 2.45) is 11.1 Å². The molecule has 0 spiro atoms. The van der Waals surface area contributed by atoms with Crippen LogP contribution in [-0.2, 0) is 6.42 Å². The minimum atomic E-state index is 0.139. The molecule has 1 aliphatic carbocycles. The van der Waals surface area contributed by atoms with Crippen molar-refractivity contribution in [2.45, 2.75) is 39.7 Å². The van der Waals surface area contributed by atoms with Crippen molar-refractivity contribution in [3.05, 3.63) is 39.6 Å². The van der Waals surface area contributed by atoms with Gasteiger partial charge in [0.15, 0.2) is 0 Å². The highest BCUT2D eigenvalue weighted by Crippen LogP contribution is 2.45. The van der Waals surface area contributed by atoms with E-state index in [9.17, 15) is 0 Å². The van der Waals surface area contributed by atoms with Gasteiger partial charge in [0.1, 0.15) is 0 Å². The molecule has 96 valence electrons. The number of hydrogen-bond donors (Lipinski definition) is 1. The third kappa shape index (κ3) is 1.57. The zero-order valence-electron chi connectivity index (χ0n) is 11.1. The Labute approximate surface area is 116 Å². The van der Waals surface area contributed by atoms with Gasteiger partial charge in [-0.3, -0.25) is 0 Å². The van der Waals surface area contributed by atoms with Gasteiger partial charge in [-0.2, -0.15) is 0 Å². The minimum absolute atomic E-state index is 0.139. The molecule has 0 aromatic carbocycles. The van der Waals surface area contributed by atoms with Gasteiger partial charge in [0, 0.05) is 27.9 Å². The molecule has 0 aliphatic heterocycles. The number of rotatable bonds is 0. The Hall–Kier alpha value is -0.800. The molecule has 1 unspecified atom stereocenters. The molecule has 2 N–H and O–H groups in total. The minimum Gasteiger partial charge on any atom is -0.323 e. The summed E-state index contributed by atoms with van der Waals surface area (Å²) in [7, 11) is 0. The van der Waals surface area contributed by atoms with Gasteiger partial charge in [0.2, 0.25) is 0 Å². The molecule has 1 atom stereocenters. The lowest BCUT2D eigenvalue weighted by molar-refractivity contribution is 0.247. The van der Waals surface area contributed by atoms with Crippen LogP contribution < -0.4 is 5.73 Å². The first kappa shape index (κ1) is 12.2. The van der Waals surface area contributed by atoms with Crippen LogP contribution in [0, 0.1) is 12.3 Å². The van der Waals surface area contributed by atoms with E-state index in [1.54, 1.807) is 0 Å². The maximum Gasteiger partial charge on any atom is 0.0496 e. The maximum absolute atomic E-state index is 6.50. The molecular weight excluding hydrogens is 288 g/mol. The van der Waals surface area contributed by atoms with Gasteiger partial charge in [-0.05, 0) is 48.4 Å². The van der Waals surface area contributed by atoms with Crippen LogP contribution in [-0.4, -0.2) is 4.40 Å².